The van der Waals surface area contributed by atoms with Crippen molar-refractivity contribution in [1.82, 2.24) is 30.6 Å². The second-order valence-electron chi connectivity index (χ2n) is 5.05. The Morgan fingerprint density at radius 2 is 1.77 bits per heavy atom. The normalized spacial score (nSPS) is 11.0. The van der Waals surface area contributed by atoms with Gasteiger partial charge in [0.1, 0.15) is 0 Å². The maximum Gasteiger partial charge on any atom is 0.206 e. The number of tetrazole rings is 1. The van der Waals surface area contributed by atoms with Crippen LogP contribution in [0.15, 0.2) is 48.8 Å². The van der Waals surface area contributed by atoms with Gasteiger partial charge in [-0.25, -0.2) is 0 Å². The van der Waals surface area contributed by atoms with Crippen molar-refractivity contribution in [2.24, 2.45) is 0 Å². The molecule has 0 saturated heterocycles. The summed E-state index contributed by atoms with van der Waals surface area (Å²) in [5, 5.41) is 15.1. The molecular weight excluding hydrogens is 276 g/mol. The Balaban J connectivity index is 1.85. The molecule has 0 amide bonds. The molecular formula is C16H12N6. The van der Waals surface area contributed by atoms with Crippen molar-refractivity contribution < 1.29 is 0 Å². The number of aromatic amines is 1. The van der Waals surface area contributed by atoms with E-state index in [1.807, 2.05) is 31.3 Å². The topological polar surface area (TPSA) is 80.2 Å². The first-order valence-electron chi connectivity index (χ1n) is 6.86. The lowest BCUT2D eigenvalue weighted by Gasteiger charge is -2.05. The minimum atomic E-state index is 0.541. The van der Waals surface area contributed by atoms with E-state index in [9.17, 15) is 0 Å². The van der Waals surface area contributed by atoms with Crippen molar-refractivity contribution >= 4 is 10.9 Å². The van der Waals surface area contributed by atoms with E-state index in [0.29, 0.717) is 5.82 Å². The Kier molecular flexibility index (Phi) is 2.86. The molecule has 3 heterocycles. The molecule has 0 aliphatic carbocycles. The summed E-state index contributed by atoms with van der Waals surface area (Å²) in [5.41, 5.74) is 5.03. The van der Waals surface area contributed by atoms with Gasteiger partial charge in [0, 0.05) is 29.0 Å². The van der Waals surface area contributed by atoms with Gasteiger partial charge in [0.2, 0.25) is 5.82 Å². The third kappa shape index (κ3) is 2.20. The standard InChI is InChI=1S/C16H12N6/c1-10-6-12(4-5-17-10)11-2-3-15-13(7-11)8-14(9-18-15)16-19-21-22-20-16/h2-9H,1H3,(H,19,20,21,22). The Bertz CT molecular complexity index is 946. The number of nitrogens with zero attached hydrogens (tertiary/aromatic N) is 5. The smallest absolute Gasteiger partial charge is 0.206 e. The van der Waals surface area contributed by atoms with Gasteiger partial charge in [0.05, 0.1) is 5.52 Å². The molecule has 6 nitrogen and oxygen atoms in total. The van der Waals surface area contributed by atoms with Crippen LogP contribution in [0.4, 0.5) is 0 Å². The van der Waals surface area contributed by atoms with Crippen molar-refractivity contribution in [2.45, 2.75) is 6.92 Å². The van der Waals surface area contributed by atoms with E-state index in [2.05, 4.69) is 48.8 Å². The van der Waals surface area contributed by atoms with Crippen LogP contribution >= 0.6 is 0 Å². The van der Waals surface area contributed by atoms with Crippen molar-refractivity contribution in [3.8, 4) is 22.5 Å². The molecule has 3 aromatic heterocycles. The Hall–Kier alpha value is -3.15. The highest BCUT2D eigenvalue weighted by Crippen LogP contribution is 2.26. The van der Waals surface area contributed by atoms with E-state index < -0.39 is 0 Å². The number of pyridine rings is 2. The van der Waals surface area contributed by atoms with Crippen LogP contribution in [0.1, 0.15) is 5.69 Å². The summed E-state index contributed by atoms with van der Waals surface area (Å²) in [6.07, 6.45) is 3.58. The Labute approximate surface area is 126 Å². The third-order valence-electron chi connectivity index (χ3n) is 3.51. The van der Waals surface area contributed by atoms with Gasteiger partial charge in [-0.15, -0.1) is 10.2 Å². The highest BCUT2D eigenvalue weighted by Gasteiger charge is 2.06. The molecule has 0 spiro atoms. The highest BCUT2D eigenvalue weighted by atomic mass is 15.5. The summed E-state index contributed by atoms with van der Waals surface area (Å²) in [7, 11) is 0. The molecule has 0 aliphatic rings. The summed E-state index contributed by atoms with van der Waals surface area (Å²) in [4.78, 5) is 8.69. The van der Waals surface area contributed by atoms with Gasteiger partial charge in [-0.1, -0.05) is 6.07 Å². The molecule has 6 heteroatoms. The molecule has 0 radical (unpaired) electrons. The van der Waals surface area contributed by atoms with E-state index in [4.69, 9.17) is 0 Å². The van der Waals surface area contributed by atoms with E-state index >= 15 is 0 Å². The molecule has 0 aliphatic heterocycles. The third-order valence-corrected chi connectivity index (χ3v) is 3.51. The van der Waals surface area contributed by atoms with Gasteiger partial charge in [-0.05, 0) is 53.6 Å². The highest BCUT2D eigenvalue weighted by molar-refractivity contribution is 5.87. The average molecular weight is 288 g/mol. The molecule has 4 aromatic rings. The summed E-state index contributed by atoms with van der Waals surface area (Å²) in [6.45, 7) is 1.99. The fraction of sp³-hybridized carbons (Fsp3) is 0.0625. The summed E-state index contributed by atoms with van der Waals surface area (Å²) in [5.74, 6) is 0.541. The number of aromatic nitrogens is 6. The maximum absolute atomic E-state index is 4.46. The number of hydrogen-bond donors (Lipinski definition) is 1. The molecule has 1 N–H and O–H groups in total. The minimum absolute atomic E-state index is 0.541. The maximum atomic E-state index is 4.46. The van der Waals surface area contributed by atoms with Crippen LogP contribution in [0.25, 0.3) is 33.4 Å². The number of hydrogen-bond acceptors (Lipinski definition) is 5. The quantitative estimate of drug-likeness (QED) is 0.613. The Morgan fingerprint density at radius 3 is 2.59 bits per heavy atom. The summed E-state index contributed by atoms with van der Waals surface area (Å²) in [6, 6.07) is 12.3. The zero-order valence-electron chi connectivity index (χ0n) is 11.9. The number of fused-ring (bicyclic) bond motifs is 1. The van der Waals surface area contributed by atoms with Gasteiger partial charge >= 0.3 is 0 Å². The van der Waals surface area contributed by atoms with E-state index in [0.717, 1.165) is 33.3 Å². The largest absolute Gasteiger partial charge is 0.262 e. The first-order valence-corrected chi connectivity index (χ1v) is 6.86. The van der Waals surface area contributed by atoms with Gasteiger partial charge < -0.3 is 0 Å². The van der Waals surface area contributed by atoms with Crippen molar-refractivity contribution in [3.05, 3.63) is 54.5 Å². The molecule has 4 rings (SSSR count). The van der Waals surface area contributed by atoms with Crippen LogP contribution in [0.3, 0.4) is 0 Å². The summed E-state index contributed by atoms with van der Waals surface area (Å²) >= 11 is 0. The van der Waals surface area contributed by atoms with Crippen LogP contribution in [-0.2, 0) is 0 Å². The lowest BCUT2D eigenvalue weighted by Crippen LogP contribution is -1.87. The van der Waals surface area contributed by atoms with Crippen LogP contribution in [-0.4, -0.2) is 30.6 Å². The fourth-order valence-corrected chi connectivity index (χ4v) is 2.44. The lowest BCUT2D eigenvalue weighted by molar-refractivity contribution is 0.881. The number of rotatable bonds is 2. The molecule has 0 fully saturated rings. The zero-order valence-corrected chi connectivity index (χ0v) is 11.9. The number of nitrogens with one attached hydrogen (secondary N) is 1. The fourth-order valence-electron chi connectivity index (χ4n) is 2.44. The van der Waals surface area contributed by atoms with Gasteiger partial charge in [-0.3, -0.25) is 9.97 Å². The van der Waals surface area contributed by atoms with Gasteiger partial charge in [0.15, 0.2) is 0 Å². The van der Waals surface area contributed by atoms with E-state index in [1.165, 1.54) is 0 Å². The predicted molar refractivity (Wildman–Crippen MR) is 82.9 cm³/mol. The second kappa shape index (κ2) is 5.00. The number of aryl methyl sites for hydroxylation is 1. The first-order chi connectivity index (χ1) is 10.8. The van der Waals surface area contributed by atoms with Gasteiger partial charge in [-0.2, -0.15) is 5.21 Å². The molecule has 0 bridgehead atoms. The monoisotopic (exact) mass is 288 g/mol. The van der Waals surface area contributed by atoms with Crippen molar-refractivity contribution in [2.75, 3.05) is 0 Å². The second-order valence-corrected chi connectivity index (χ2v) is 5.05. The molecule has 22 heavy (non-hydrogen) atoms. The molecule has 0 saturated carbocycles. The number of benzene rings is 1. The molecule has 106 valence electrons. The van der Waals surface area contributed by atoms with E-state index in [1.54, 1.807) is 6.20 Å². The van der Waals surface area contributed by atoms with Crippen LogP contribution < -0.4 is 0 Å². The summed E-state index contributed by atoms with van der Waals surface area (Å²) < 4.78 is 0. The van der Waals surface area contributed by atoms with Crippen molar-refractivity contribution in [1.29, 1.82) is 0 Å². The zero-order chi connectivity index (χ0) is 14.9. The molecule has 0 unspecified atom stereocenters. The van der Waals surface area contributed by atoms with Crippen LogP contribution in [0.5, 0.6) is 0 Å². The van der Waals surface area contributed by atoms with E-state index in [-0.39, 0.29) is 0 Å². The van der Waals surface area contributed by atoms with Crippen molar-refractivity contribution in [3.63, 3.8) is 0 Å². The van der Waals surface area contributed by atoms with Crippen LogP contribution in [0.2, 0.25) is 0 Å². The van der Waals surface area contributed by atoms with Gasteiger partial charge in [0.25, 0.3) is 0 Å². The number of H-pyrrole nitrogens is 1. The minimum Gasteiger partial charge on any atom is -0.262 e. The SMILES string of the molecule is Cc1cc(-c2ccc3ncc(-c4nn[nH]n4)cc3c2)ccn1. The molecule has 0 atom stereocenters. The molecule has 1 aromatic carbocycles. The average Bonchev–Trinajstić information content (AvgIpc) is 3.08. The first kappa shape index (κ1) is 12.6. The lowest BCUT2D eigenvalue weighted by atomic mass is 10.0. The Morgan fingerprint density at radius 1 is 0.909 bits per heavy atom. The predicted octanol–water partition coefficient (Wildman–Crippen LogP) is 2.79. The van der Waals surface area contributed by atoms with Crippen LogP contribution in [0, 0.1) is 6.92 Å².